The first-order valence-corrected chi connectivity index (χ1v) is 4.00. The summed E-state index contributed by atoms with van der Waals surface area (Å²) in [6.45, 7) is 3.05. The Morgan fingerprint density at radius 1 is 1.55 bits per heavy atom. The van der Waals surface area contributed by atoms with Gasteiger partial charge in [-0.1, -0.05) is 0 Å². The van der Waals surface area contributed by atoms with E-state index < -0.39 is 6.10 Å². The lowest BCUT2D eigenvalue weighted by molar-refractivity contribution is -0.139. The van der Waals surface area contributed by atoms with E-state index >= 15 is 0 Å². The molecule has 1 heterocycles. The first-order chi connectivity index (χ1) is 5.22. The highest BCUT2D eigenvalue weighted by molar-refractivity contribution is 5.80. The van der Waals surface area contributed by atoms with Gasteiger partial charge in [0.2, 0.25) is 0 Å². The van der Waals surface area contributed by atoms with Crippen LogP contribution >= 0.6 is 0 Å². The average molecular weight is 156 g/mol. The summed E-state index contributed by atoms with van der Waals surface area (Å²) in [7, 11) is 0. The van der Waals surface area contributed by atoms with E-state index in [0.717, 1.165) is 25.9 Å². The van der Waals surface area contributed by atoms with E-state index in [2.05, 4.69) is 6.42 Å². The van der Waals surface area contributed by atoms with Crippen LogP contribution in [0.25, 0.3) is 0 Å². The second-order valence-electron chi connectivity index (χ2n) is 2.87. The molecule has 1 atom stereocenters. The summed E-state index contributed by atoms with van der Waals surface area (Å²) in [5, 5.41) is 8.97. The smallest absolute Gasteiger partial charge is 0.251 e. The molecule has 1 rings (SSSR count). The highest BCUT2D eigenvalue weighted by atomic mass is 16.3. The number of carbonyl (C=O) groups excluding carboxylic acids is 1. The first kappa shape index (κ1) is 8.53. The molecule has 0 aromatic rings. The van der Waals surface area contributed by atoms with Crippen molar-refractivity contribution in [2.75, 3.05) is 13.1 Å². The predicted molar refractivity (Wildman–Crippen MR) is 41.8 cm³/mol. The van der Waals surface area contributed by atoms with Gasteiger partial charge in [0, 0.05) is 13.1 Å². The largest absolute Gasteiger partial charge is 0.384 e. The van der Waals surface area contributed by atoms with Crippen molar-refractivity contribution in [2.24, 2.45) is 0 Å². The van der Waals surface area contributed by atoms with Crippen molar-refractivity contribution in [2.45, 2.75) is 25.9 Å². The SMILES string of the molecule is C[C@@H](O)C(=O)N1CC[CH]CC1. The molecule has 3 nitrogen and oxygen atoms in total. The molecule has 0 bridgehead atoms. The van der Waals surface area contributed by atoms with Gasteiger partial charge < -0.3 is 10.0 Å². The van der Waals surface area contributed by atoms with Crippen molar-refractivity contribution in [3.8, 4) is 0 Å². The minimum atomic E-state index is -0.840. The summed E-state index contributed by atoms with van der Waals surface area (Å²) in [5.74, 6) is -0.141. The Morgan fingerprint density at radius 3 is 2.55 bits per heavy atom. The number of likely N-dealkylation sites (tertiary alicyclic amines) is 1. The first-order valence-electron chi connectivity index (χ1n) is 4.00. The van der Waals surface area contributed by atoms with Crippen LogP contribution in [0.15, 0.2) is 0 Å². The highest BCUT2D eigenvalue weighted by Gasteiger charge is 2.19. The quantitative estimate of drug-likeness (QED) is 0.589. The highest BCUT2D eigenvalue weighted by Crippen LogP contribution is 2.08. The number of rotatable bonds is 1. The zero-order valence-corrected chi connectivity index (χ0v) is 6.79. The van der Waals surface area contributed by atoms with Crippen LogP contribution in [-0.2, 0) is 4.79 Å². The van der Waals surface area contributed by atoms with E-state index in [4.69, 9.17) is 5.11 Å². The molecule has 0 aromatic heterocycles. The van der Waals surface area contributed by atoms with Crippen molar-refractivity contribution < 1.29 is 9.90 Å². The number of nitrogens with zero attached hydrogens (tertiary/aromatic N) is 1. The molecule has 1 aliphatic rings. The molecule has 1 fully saturated rings. The van der Waals surface area contributed by atoms with Crippen LogP contribution in [0, 0.1) is 6.42 Å². The Hall–Kier alpha value is -0.570. The number of aliphatic hydroxyl groups is 1. The standard InChI is InChI=1S/C8H14NO2/c1-7(10)8(11)9-5-3-2-4-6-9/h2,7,10H,3-6H2,1H3/t7-/m1/s1. The molecular formula is C8H14NO2. The second-order valence-corrected chi connectivity index (χ2v) is 2.87. The monoisotopic (exact) mass is 156 g/mol. The van der Waals surface area contributed by atoms with Crippen LogP contribution < -0.4 is 0 Å². The van der Waals surface area contributed by atoms with Crippen LogP contribution in [0.1, 0.15) is 19.8 Å². The fourth-order valence-corrected chi connectivity index (χ4v) is 1.23. The van der Waals surface area contributed by atoms with E-state index in [-0.39, 0.29) is 5.91 Å². The maximum atomic E-state index is 11.2. The van der Waals surface area contributed by atoms with Crippen molar-refractivity contribution in [3.05, 3.63) is 6.42 Å². The number of hydrogen-bond acceptors (Lipinski definition) is 2. The summed E-state index contributed by atoms with van der Waals surface area (Å²) < 4.78 is 0. The zero-order valence-electron chi connectivity index (χ0n) is 6.79. The maximum Gasteiger partial charge on any atom is 0.251 e. The molecule has 1 saturated heterocycles. The van der Waals surface area contributed by atoms with Gasteiger partial charge >= 0.3 is 0 Å². The van der Waals surface area contributed by atoms with Crippen LogP contribution in [0.5, 0.6) is 0 Å². The molecule has 1 N–H and O–H groups in total. The van der Waals surface area contributed by atoms with Crippen LogP contribution in [-0.4, -0.2) is 35.1 Å². The van der Waals surface area contributed by atoms with Crippen molar-refractivity contribution in [1.82, 2.24) is 4.90 Å². The van der Waals surface area contributed by atoms with Gasteiger partial charge in [-0.3, -0.25) is 4.79 Å². The third kappa shape index (κ3) is 2.19. The van der Waals surface area contributed by atoms with Crippen LogP contribution in [0.3, 0.4) is 0 Å². The molecule has 0 aromatic carbocycles. The molecule has 3 heteroatoms. The summed E-state index contributed by atoms with van der Waals surface area (Å²) in [6.07, 6.45) is 3.25. The molecule has 1 aliphatic heterocycles. The molecule has 1 radical (unpaired) electrons. The Balaban J connectivity index is 2.39. The minimum Gasteiger partial charge on any atom is -0.384 e. The van der Waals surface area contributed by atoms with Gasteiger partial charge in [-0.05, 0) is 26.2 Å². The van der Waals surface area contributed by atoms with Gasteiger partial charge in [0.05, 0.1) is 0 Å². The lowest BCUT2D eigenvalue weighted by Crippen LogP contribution is -2.41. The van der Waals surface area contributed by atoms with E-state index in [1.165, 1.54) is 6.92 Å². The van der Waals surface area contributed by atoms with E-state index in [1.54, 1.807) is 4.90 Å². The molecule has 1 amide bonds. The third-order valence-electron chi connectivity index (χ3n) is 1.88. The van der Waals surface area contributed by atoms with E-state index in [9.17, 15) is 4.79 Å². The number of amides is 1. The Bertz CT molecular complexity index is 139. The molecule has 11 heavy (non-hydrogen) atoms. The van der Waals surface area contributed by atoms with Gasteiger partial charge in [-0.25, -0.2) is 0 Å². The Kier molecular flexibility index (Phi) is 2.88. The van der Waals surface area contributed by atoms with Gasteiger partial charge in [0.15, 0.2) is 0 Å². The van der Waals surface area contributed by atoms with Crippen LogP contribution in [0.4, 0.5) is 0 Å². The fourth-order valence-electron chi connectivity index (χ4n) is 1.23. The van der Waals surface area contributed by atoms with E-state index in [1.807, 2.05) is 0 Å². The molecule has 0 spiro atoms. The molecule has 63 valence electrons. The van der Waals surface area contributed by atoms with Crippen LogP contribution in [0.2, 0.25) is 0 Å². The molecular weight excluding hydrogens is 142 g/mol. The Morgan fingerprint density at radius 2 is 2.09 bits per heavy atom. The normalized spacial score (nSPS) is 21.5. The molecule has 0 unspecified atom stereocenters. The second kappa shape index (κ2) is 3.72. The third-order valence-corrected chi connectivity index (χ3v) is 1.88. The van der Waals surface area contributed by atoms with Crippen molar-refractivity contribution >= 4 is 5.91 Å². The number of piperidine rings is 1. The fraction of sp³-hybridized carbons (Fsp3) is 0.750. The average Bonchev–Trinajstić information content (AvgIpc) is 2.05. The summed E-state index contributed by atoms with van der Waals surface area (Å²) >= 11 is 0. The topological polar surface area (TPSA) is 40.5 Å². The van der Waals surface area contributed by atoms with Gasteiger partial charge in [0.25, 0.3) is 5.91 Å². The summed E-state index contributed by atoms with van der Waals surface area (Å²) in [6, 6.07) is 0. The van der Waals surface area contributed by atoms with Gasteiger partial charge in [-0.2, -0.15) is 0 Å². The molecule has 0 aliphatic carbocycles. The zero-order chi connectivity index (χ0) is 8.27. The molecule has 0 saturated carbocycles. The van der Waals surface area contributed by atoms with Gasteiger partial charge in [0.1, 0.15) is 6.10 Å². The minimum absolute atomic E-state index is 0.141. The summed E-state index contributed by atoms with van der Waals surface area (Å²) in [4.78, 5) is 12.9. The van der Waals surface area contributed by atoms with Crippen molar-refractivity contribution in [3.63, 3.8) is 0 Å². The number of aliphatic hydroxyl groups excluding tert-OH is 1. The lowest BCUT2D eigenvalue weighted by atomic mass is 10.1. The number of hydrogen-bond donors (Lipinski definition) is 1. The lowest BCUT2D eigenvalue weighted by Gasteiger charge is -2.27. The van der Waals surface area contributed by atoms with E-state index in [0.29, 0.717) is 0 Å². The van der Waals surface area contributed by atoms with Crippen molar-refractivity contribution in [1.29, 1.82) is 0 Å². The predicted octanol–water partition coefficient (Wildman–Crippen LogP) is 0.194. The van der Waals surface area contributed by atoms with Gasteiger partial charge in [-0.15, -0.1) is 0 Å². The summed E-state index contributed by atoms with van der Waals surface area (Å²) in [5.41, 5.74) is 0. The number of carbonyl (C=O) groups is 1. The maximum absolute atomic E-state index is 11.2. The Labute approximate surface area is 67.0 Å².